The summed E-state index contributed by atoms with van der Waals surface area (Å²) >= 11 is 7.41. The average molecular weight is 416 g/mol. The summed E-state index contributed by atoms with van der Waals surface area (Å²) in [7, 11) is 0. The summed E-state index contributed by atoms with van der Waals surface area (Å²) in [5.41, 5.74) is 1.75. The largest absolute Gasteiger partial charge is 0.455 e. The van der Waals surface area contributed by atoms with E-state index < -0.39 is 0 Å². The van der Waals surface area contributed by atoms with Crippen LogP contribution < -0.4 is 5.32 Å². The molecule has 0 aliphatic carbocycles. The first-order valence-corrected chi connectivity index (χ1v) is 10.4. The molecule has 0 saturated carbocycles. The number of halogens is 1. The molecule has 1 aromatic carbocycles. The van der Waals surface area contributed by atoms with Gasteiger partial charge in [0.15, 0.2) is 5.76 Å². The molecule has 0 radical (unpaired) electrons. The Kier molecular flexibility index (Phi) is 6.75. The molecular formula is C21H22ClN3O2S. The first kappa shape index (κ1) is 20.4. The predicted octanol–water partition coefficient (Wildman–Crippen LogP) is 5.46. The predicted molar refractivity (Wildman–Crippen MR) is 113 cm³/mol. The molecule has 0 aliphatic rings. The van der Waals surface area contributed by atoms with Gasteiger partial charge in [-0.05, 0) is 49.2 Å². The van der Waals surface area contributed by atoms with Crippen LogP contribution in [0.25, 0.3) is 11.3 Å². The van der Waals surface area contributed by atoms with Crippen LogP contribution in [-0.2, 0) is 5.75 Å². The SMILES string of the molecule is CC(C)[C@@H](C)NC(=O)c1ccc(CSc2ccc(-c3ccc(Cl)cc3)nn2)o1. The van der Waals surface area contributed by atoms with E-state index in [4.69, 9.17) is 16.0 Å². The number of hydrogen-bond acceptors (Lipinski definition) is 5. The number of nitrogens with one attached hydrogen (secondary N) is 1. The Hall–Kier alpha value is -2.31. The van der Waals surface area contributed by atoms with Crippen LogP contribution >= 0.6 is 23.4 Å². The van der Waals surface area contributed by atoms with Crippen molar-refractivity contribution in [3.63, 3.8) is 0 Å². The molecule has 146 valence electrons. The number of furan rings is 1. The minimum atomic E-state index is -0.190. The zero-order valence-corrected chi connectivity index (χ0v) is 17.6. The molecule has 2 aromatic heterocycles. The topological polar surface area (TPSA) is 68.0 Å². The Balaban J connectivity index is 1.56. The molecule has 1 N–H and O–H groups in total. The Morgan fingerprint density at radius 3 is 2.46 bits per heavy atom. The van der Waals surface area contributed by atoms with Crippen molar-refractivity contribution < 1.29 is 9.21 Å². The molecule has 0 saturated heterocycles. The van der Waals surface area contributed by atoms with Gasteiger partial charge in [0.2, 0.25) is 0 Å². The van der Waals surface area contributed by atoms with E-state index in [0.29, 0.717) is 22.5 Å². The Morgan fingerprint density at radius 1 is 1.07 bits per heavy atom. The van der Waals surface area contributed by atoms with Gasteiger partial charge >= 0.3 is 0 Å². The standard InChI is InChI=1S/C21H22ClN3O2S/c1-13(2)14(3)23-21(26)19-10-8-17(27-19)12-28-20-11-9-18(24-25-20)15-4-6-16(22)7-5-15/h4-11,13-14H,12H2,1-3H3,(H,23,26)/t14-/m1/s1. The lowest BCUT2D eigenvalue weighted by Gasteiger charge is -2.16. The van der Waals surface area contributed by atoms with Gasteiger partial charge in [-0.2, -0.15) is 0 Å². The van der Waals surface area contributed by atoms with Crippen LogP contribution in [0.1, 0.15) is 37.1 Å². The maximum absolute atomic E-state index is 12.2. The highest BCUT2D eigenvalue weighted by Gasteiger charge is 2.16. The van der Waals surface area contributed by atoms with Gasteiger partial charge in [-0.3, -0.25) is 4.79 Å². The van der Waals surface area contributed by atoms with Crippen LogP contribution in [-0.4, -0.2) is 22.1 Å². The summed E-state index contributed by atoms with van der Waals surface area (Å²) in [5.74, 6) is 1.79. The van der Waals surface area contributed by atoms with E-state index in [1.807, 2.05) is 49.4 Å². The van der Waals surface area contributed by atoms with Crippen LogP contribution in [0.4, 0.5) is 0 Å². The fourth-order valence-corrected chi connectivity index (χ4v) is 3.17. The number of benzene rings is 1. The second kappa shape index (κ2) is 9.26. The molecule has 1 atom stereocenters. The Morgan fingerprint density at radius 2 is 1.82 bits per heavy atom. The van der Waals surface area contributed by atoms with Crippen molar-refractivity contribution in [2.75, 3.05) is 0 Å². The highest BCUT2D eigenvalue weighted by Crippen LogP contribution is 2.24. The Labute approximate surface area is 173 Å². The van der Waals surface area contributed by atoms with Gasteiger partial charge in [0, 0.05) is 16.6 Å². The number of amides is 1. The highest BCUT2D eigenvalue weighted by molar-refractivity contribution is 7.98. The lowest BCUT2D eigenvalue weighted by Crippen LogP contribution is -2.35. The van der Waals surface area contributed by atoms with Gasteiger partial charge in [-0.1, -0.05) is 49.3 Å². The number of rotatable bonds is 7. The molecule has 2 heterocycles. The summed E-state index contributed by atoms with van der Waals surface area (Å²) in [6.07, 6.45) is 0. The molecule has 3 aromatic rings. The molecule has 28 heavy (non-hydrogen) atoms. The van der Waals surface area contributed by atoms with Crippen molar-refractivity contribution >= 4 is 29.3 Å². The monoisotopic (exact) mass is 415 g/mol. The minimum Gasteiger partial charge on any atom is -0.455 e. The van der Waals surface area contributed by atoms with Gasteiger partial charge in [-0.25, -0.2) is 0 Å². The molecule has 0 unspecified atom stereocenters. The van der Waals surface area contributed by atoms with E-state index in [0.717, 1.165) is 22.0 Å². The Bertz CT molecular complexity index is 924. The van der Waals surface area contributed by atoms with Crippen LogP contribution in [0.2, 0.25) is 5.02 Å². The van der Waals surface area contributed by atoms with E-state index in [1.165, 1.54) is 11.8 Å². The molecule has 1 amide bonds. The maximum atomic E-state index is 12.2. The second-order valence-electron chi connectivity index (χ2n) is 6.82. The fourth-order valence-electron chi connectivity index (χ4n) is 2.34. The summed E-state index contributed by atoms with van der Waals surface area (Å²) in [6, 6.07) is 14.9. The van der Waals surface area contributed by atoms with Crippen LogP contribution in [0.15, 0.2) is 58.0 Å². The number of aromatic nitrogens is 2. The average Bonchev–Trinajstić information content (AvgIpc) is 3.16. The van der Waals surface area contributed by atoms with Crippen molar-refractivity contribution in [1.82, 2.24) is 15.5 Å². The number of carbonyl (C=O) groups excluding carboxylic acids is 1. The van der Waals surface area contributed by atoms with Gasteiger partial charge in [-0.15, -0.1) is 10.2 Å². The summed E-state index contributed by atoms with van der Waals surface area (Å²) in [5, 5.41) is 12.9. The van der Waals surface area contributed by atoms with Gasteiger partial charge < -0.3 is 9.73 Å². The number of thioether (sulfide) groups is 1. The van der Waals surface area contributed by atoms with Crippen molar-refractivity contribution in [1.29, 1.82) is 0 Å². The van der Waals surface area contributed by atoms with Gasteiger partial charge in [0.25, 0.3) is 5.91 Å². The molecule has 0 aliphatic heterocycles. The number of carbonyl (C=O) groups is 1. The van der Waals surface area contributed by atoms with Crippen molar-refractivity contribution in [3.8, 4) is 11.3 Å². The van der Waals surface area contributed by atoms with Crippen LogP contribution in [0.5, 0.6) is 0 Å². The van der Waals surface area contributed by atoms with Crippen LogP contribution in [0, 0.1) is 5.92 Å². The smallest absolute Gasteiger partial charge is 0.287 e. The summed E-state index contributed by atoms with van der Waals surface area (Å²) < 4.78 is 5.66. The van der Waals surface area contributed by atoms with Crippen molar-refractivity contribution in [3.05, 3.63) is 65.1 Å². The highest BCUT2D eigenvalue weighted by atomic mass is 35.5. The summed E-state index contributed by atoms with van der Waals surface area (Å²) in [4.78, 5) is 12.2. The van der Waals surface area contributed by atoms with E-state index in [2.05, 4.69) is 29.4 Å². The fraction of sp³-hybridized carbons (Fsp3) is 0.286. The minimum absolute atomic E-state index is 0.0878. The zero-order chi connectivity index (χ0) is 20.1. The van der Waals surface area contributed by atoms with E-state index in [9.17, 15) is 4.79 Å². The molecular weight excluding hydrogens is 394 g/mol. The lowest BCUT2D eigenvalue weighted by atomic mass is 10.1. The number of nitrogens with zero attached hydrogens (tertiary/aromatic N) is 2. The van der Waals surface area contributed by atoms with Crippen LogP contribution in [0.3, 0.4) is 0 Å². The zero-order valence-electron chi connectivity index (χ0n) is 16.0. The molecule has 5 nitrogen and oxygen atoms in total. The second-order valence-corrected chi connectivity index (χ2v) is 8.26. The first-order chi connectivity index (χ1) is 13.4. The van der Waals surface area contributed by atoms with Crippen molar-refractivity contribution in [2.45, 2.75) is 37.6 Å². The quantitative estimate of drug-likeness (QED) is 0.519. The normalized spacial score (nSPS) is 12.2. The van der Waals surface area contributed by atoms with Gasteiger partial charge in [0.1, 0.15) is 10.8 Å². The lowest BCUT2D eigenvalue weighted by molar-refractivity contribution is 0.0901. The molecule has 0 fully saturated rings. The first-order valence-electron chi connectivity index (χ1n) is 9.04. The van der Waals surface area contributed by atoms with E-state index in [-0.39, 0.29) is 11.9 Å². The third-order valence-electron chi connectivity index (χ3n) is 4.39. The number of hydrogen-bond donors (Lipinski definition) is 1. The van der Waals surface area contributed by atoms with Crippen molar-refractivity contribution in [2.24, 2.45) is 5.92 Å². The third-order valence-corrected chi connectivity index (χ3v) is 5.58. The molecule has 3 rings (SSSR count). The van der Waals surface area contributed by atoms with E-state index >= 15 is 0 Å². The third kappa shape index (κ3) is 5.36. The molecule has 7 heteroatoms. The van der Waals surface area contributed by atoms with E-state index in [1.54, 1.807) is 6.07 Å². The molecule has 0 spiro atoms. The van der Waals surface area contributed by atoms with Gasteiger partial charge in [0.05, 0.1) is 11.4 Å². The summed E-state index contributed by atoms with van der Waals surface area (Å²) in [6.45, 7) is 6.11. The maximum Gasteiger partial charge on any atom is 0.287 e. The molecule has 0 bridgehead atoms.